The Kier molecular flexibility index (Phi) is 5.85. The third-order valence-corrected chi connectivity index (χ3v) is 5.63. The van der Waals surface area contributed by atoms with Crippen LogP contribution in [0.4, 0.5) is 20.5 Å². The number of aryl methyl sites for hydroxylation is 1. The first-order chi connectivity index (χ1) is 12.8. The fourth-order valence-electron chi connectivity index (χ4n) is 2.86. The molecule has 3 rings (SSSR count). The number of rotatable bonds is 7. The van der Waals surface area contributed by atoms with E-state index >= 15 is 0 Å². The van der Waals surface area contributed by atoms with E-state index in [4.69, 9.17) is 0 Å². The Labute approximate surface area is 156 Å². The molecule has 27 heavy (non-hydrogen) atoms. The molecular weight excluding hydrogens is 376 g/mol. The topological polar surface area (TPSA) is 87.2 Å². The highest BCUT2D eigenvalue weighted by Crippen LogP contribution is 2.20. The molecule has 146 valence electrons. The van der Waals surface area contributed by atoms with Crippen molar-refractivity contribution in [2.75, 3.05) is 36.4 Å². The molecule has 0 radical (unpaired) electrons. The lowest BCUT2D eigenvalue weighted by molar-refractivity contribution is 0.546. The maximum atomic E-state index is 13.7. The van der Waals surface area contributed by atoms with Crippen LogP contribution in [0.25, 0.3) is 0 Å². The summed E-state index contributed by atoms with van der Waals surface area (Å²) < 4.78 is 53.3. The molecule has 0 saturated carbocycles. The van der Waals surface area contributed by atoms with Gasteiger partial charge in [-0.15, -0.1) is 0 Å². The van der Waals surface area contributed by atoms with Crippen LogP contribution >= 0.6 is 0 Å². The summed E-state index contributed by atoms with van der Waals surface area (Å²) in [7, 11) is -4.15. The van der Waals surface area contributed by atoms with Crippen molar-refractivity contribution in [3.63, 3.8) is 0 Å². The Morgan fingerprint density at radius 1 is 1.11 bits per heavy atom. The van der Waals surface area contributed by atoms with Gasteiger partial charge in [0, 0.05) is 37.9 Å². The van der Waals surface area contributed by atoms with Crippen LogP contribution in [0.2, 0.25) is 0 Å². The molecule has 1 aromatic heterocycles. The second kappa shape index (κ2) is 8.13. The molecule has 0 unspecified atom stereocenters. The lowest BCUT2D eigenvalue weighted by Gasteiger charge is -2.17. The Morgan fingerprint density at radius 3 is 2.59 bits per heavy atom. The lowest BCUT2D eigenvalue weighted by atomic mass is 10.3. The summed E-state index contributed by atoms with van der Waals surface area (Å²) in [5.41, 5.74) is 0.803. The molecule has 2 aromatic rings. The van der Waals surface area contributed by atoms with Crippen LogP contribution in [0.15, 0.2) is 29.2 Å². The van der Waals surface area contributed by atoms with Gasteiger partial charge in [0.25, 0.3) is 0 Å². The Morgan fingerprint density at radius 2 is 1.85 bits per heavy atom. The summed E-state index contributed by atoms with van der Waals surface area (Å²) in [5, 5.41) is 2.96. The van der Waals surface area contributed by atoms with Gasteiger partial charge in [-0.25, -0.2) is 26.9 Å². The normalized spacial score (nSPS) is 14.6. The van der Waals surface area contributed by atoms with Gasteiger partial charge in [0.05, 0.1) is 0 Å². The van der Waals surface area contributed by atoms with Crippen molar-refractivity contribution in [3.8, 4) is 0 Å². The predicted octanol–water partition coefficient (Wildman–Crippen LogP) is 2.05. The molecule has 1 aromatic carbocycles. The largest absolute Gasteiger partial charge is 0.356 e. The molecule has 1 aliphatic heterocycles. The van der Waals surface area contributed by atoms with Gasteiger partial charge >= 0.3 is 0 Å². The number of nitrogens with one attached hydrogen (secondary N) is 2. The van der Waals surface area contributed by atoms with Crippen molar-refractivity contribution >= 4 is 21.8 Å². The summed E-state index contributed by atoms with van der Waals surface area (Å²) in [6.07, 6.45) is 2.26. The van der Waals surface area contributed by atoms with E-state index in [1.54, 1.807) is 0 Å². The minimum Gasteiger partial charge on any atom is -0.356 e. The van der Waals surface area contributed by atoms with Gasteiger partial charge in [0.15, 0.2) is 0 Å². The number of hydrogen-bond donors (Lipinski definition) is 2. The minimum absolute atomic E-state index is 0.0331. The number of nitrogens with zero attached hydrogens (tertiary/aromatic N) is 3. The van der Waals surface area contributed by atoms with Crippen LogP contribution in [-0.2, 0) is 10.0 Å². The number of halogens is 2. The molecule has 2 heterocycles. The number of hydrogen-bond acceptors (Lipinski definition) is 6. The average molecular weight is 397 g/mol. The van der Waals surface area contributed by atoms with Gasteiger partial charge in [0.2, 0.25) is 16.0 Å². The van der Waals surface area contributed by atoms with Crippen LogP contribution in [0, 0.1) is 18.6 Å². The van der Waals surface area contributed by atoms with Gasteiger partial charge in [-0.1, -0.05) is 0 Å². The van der Waals surface area contributed by atoms with Gasteiger partial charge in [-0.2, -0.15) is 4.98 Å². The summed E-state index contributed by atoms with van der Waals surface area (Å²) >= 11 is 0. The van der Waals surface area contributed by atoms with Crippen molar-refractivity contribution in [2.45, 2.75) is 24.7 Å². The van der Waals surface area contributed by atoms with E-state index in [1.165, 1.54) is 0 Å². The molecule has 0 atom stereocenters. The van der Waals surface area contributed by atoms with Crippen molar-refractivity contribution < 1.29 is 17.2 Å². The molecule has 0 spiro atoms. The third-order valence-electron chi connectivity index (χ3n) is 4.15. The molecule has 1 saturated heterocycles. The maximum Gasteiger partial charge on any atom is 0.243 e. The highest BCUT2D eigenvalue weighted by molar-refractivity contribution is 7.89. The number of sulfonamides is 1. The summed E-state index contributed by atoms with van der Waals surface area (Å²) in [6.45, 7) is 3.93. The monoisotopic (exact) mass is 397 g/mol. The maximum absolute atomic E-state index is 13.7. The fourth-order valence-corrected chi connectivity index (χ4v) is 3.98. The second-order valence-electron chi connectivity index (χ2n) is 6.28. The predicted molar refractivity (Wildman–Crippen MR) is 98.3 cm³/mol. The van der Waals surface area contributed by atoms with E-state index in [2.05, 4.69) is 24.9 Å². The molecule has 1 fully saturated rings. The first-order valence-electron chi connectivity index (χ1n) is 8.64. The summed E-state index contributed by atoms with van der Waals surface area (Å²) in [5.74, 6) is -0.593. The highest BCUT2D eigenvalue weighted by Gasteiger charge is 2.19. The van der Waals surface area contributed by atoms with E-state index in [-0.39, 0.29) is 13.1 Å². The second-order valence-corrected chi connectivity index (χ2v) is 8.02. The minimum atomic E-state index is -4.15. The van der Waals surface area contributed by atoms with Crippen LogP contribution in [-0.4, -0.2) is 44.6 Å². The molecule has 2 N–H and O–H groups in total. The zero-order valence-electron chi connectivity index (χ0n) is 14.9. The van der Waals surface area contributed by atoms with Crippen LogP contribution in [0.3, 0.4) is 0 Å². The summed E-state index contributed by atoms with van der Waals surface area (Å²) in [4.78, 5) is 10.2. The van der Waals surface area contributed by atoms with Gasteiger partial charge in [0.1, 0.15) is 22.3 Å². The van der Waals surface area contributed by atoms with E-state index in [9.17, 15) is 17.2 Å². The zero-order chi connectivity index (χ0) is 19.4. The standard InChI is InChI=1S/C17H21F2N5O2S/c1-12-10-16(24-8-2-3-9-24)23-17(22-12)20-6-7-21-27(25,26)15-11-13(18)4-5-14(15)19/h4-5,10-11,21H,2-3,6-9H2,1H3,(H,20,22,23). The highest BCUT2D eigenvalue weighted by atomic mass is 32.2. The van der Waals surface area contributed by atoms with Gasteiger partial charge < -0.3 is 10.2 Å². The smallest absolute Gasteiger partial charge is 0.243 e. The van der Waals surface area contributed by atoms with Gasteiger partial charge in [-0.05, 0) is 38.0 Å². The van der Waals surface area contributed by atoms with Crippen molar-refractivity contribution in [2.24, 2.45) is 0 Å². The molecule has 0 bridgehead atoms. The molecule has 7 nitrogen and oxygen atoms in total. The lowest BCUT2D eigenvalue weighted by Crippen LogP contribution is -2.30. The number of benzene rings is 1. The molecule has 10 heteroatoms. The van der Waals surface area contributed by atoms with Crippen LogP contribution in [0.1, 0.15) is 18.5 Å². The molecule has 0 amide bonds. The fraction of sp³-hybridized carbons (Fsp3) is 0.412. The Bertz CT molecular complexity index is 918. The van der Waals surface area contributed by atoms with E-state index in [1.807, 2.05) is 13.0 Å². The molecular formula is C17H21F2N5O2S. The zero-order valence-corrected chi connectivity index (χ0v) is 15.7. The van der Waals surface area contributed by atoms with Gasteiger partial charge in [-0.3, -0.25) is 0 Å². The van der Waals surface area contributed by atoms with E-state index in [0.717, 1.165) is 49.6 Å². The Hall–Kier alpha value is -2.33. The first-order valence-corrected chi connectivity index (χ1v) is 10.1. The van der Waals surface area contributed by atoms with Crippen molar-refractivity contribution in [3.05, 3.63) is 41.6 Å². The summed E-state index contributed by atoms with van der Waals surface area (Å²) in [6, 6.07) is 4.20. The molecule has 0 aliphatic carbocycles. The molecule has 1 aliphatic rings. The number of anilines is 2. The van der Waals surface area contributed by atoms with E-state index < -0.39 is 26.6 Å². The SMILES string of the molecule is Cc1cc(N2CCCC2)nc(NCCNS(=O)(=O)c2cc(F)ccc2F)n1. The van der Waals surface area contributed by atoms with Crippen LogP contribution in [0.5, 0.6) is 0 Å². The average Bonchev–Trinajstić information content (AvgIpc) is 3.15. The van der Waals surface area contributed by atoms with E-state index in [0.29, 0.717) is 12.0 Å². The first kappa shape index (κ1) is 19.4. The van der Waals surface area contributed by atoms with Crippen molar-refractivity contribution in [1.82, 2.24) is 14.7 Å². The Balaban J connectivity index is 1.59. The third kappa shape index (κ3) is 4.89. The quantitative estimate of drug-likeness (QED) is 0.696. The van der Waals surface area contributed by atoms with Crippen LogP contribution < -0.4 is 14.9 Å². The van der Waals surface area contributed by atoms with Crippen molar-refractivity contribution in [1.29, 1.82) is 0 Å². The number of aromatic nitrogens is 2.